The van der Waals surface area contributed by atoms with Gasteiger partial charge in [-0.15, -0.1) is 0 Å². The molecule has 5 nitrogen and oxygen atoms in total. The van der Waals surface area contributed by atoms with Crippen LogP contribution in [0, 0.1) is 5.41 Å². The van der Waals surface area contributed by atoms with Gasteiger partial charge >= 0.3 is 0 Å². The summed E-state index contributed by atoms with van der Waals surface area (Å²) < 4.78 is 15.2. The third-order valence-corrected chi connectivity index (χ3v) is 16.2. The van der Waals surface area contributed by atoms with E-state index in [2.05, 4.69) is 105 Å². The van der Waals surface area contributed by atoms with Crippen molar-refractivity contribution >= 4 is 30.9 Å². The van der Waals surface area contributed by atoms with E-state index < -0.39 is 8.32 Å². The minimum absolute atomic E-state index is 0.0278. The van der Waals surface area contributed by atoms with Gasteiger partial charge in [-0.05, 0) is 61.6 Å². The lowest BCUT2D eigenvalue weighted by atomic mass is 9.70. The number of alkyl halides is 1. The predicted molar refractivity (Wildman–Crippen MR) is 178 cm³/mol. The molecule has 0 saturated heterocycles. The molecule has 41 heavy (non-hydrogen) atoms. The van der Waals surface area contributed by atoms with Crippen LogP contribution >= 0.6 is 22.6 Å². The Morgan fingerprint density at radius 2 is 1.68 bits per heavy atom. The highest BCUT2D eigenvalue weighted by molar-refractivity contribution is 14.1. The summed E-state index contributed by atoms with van der Waals surface area (Å²) >= 11 is 2.68. The number of halogens is 1. The lowest BCUT2D eigenvalue weighted by Gasteiger charge is -2.45. The SMILES string of the molecule is CC(C)c1nc2c(c3c1[C@@H](c1cnc(C(C)(C)C)nc1)OC31CCCC1I)[C@@H](O[Si](C)(C)C(C)(C)C)CC(C)(C)C2. The Balaban J connectivity index is 1.78. The van der Waals surface area contributed by atoms with Crippen molar-refractivity contribution in [2.75, 3.05) is 0 Å². The van der Waals surface area contributed by atoms with Gasteiger partial charge in [0, 0.05) is 55.4 Å². The fourth-order valence-electron chi connectivity index (χ4n) is 6.86. The number of nitrogens with zero attached hydrogens (tertiary/aromatic N) is 3. The summed E-state index contributed by atoms with van der Waals surface area (Å²) in [7, 11) is -2.06. The number of hydrogen-bond donors (Lipinski definition) is 0. The van der Waals surface area contributed by atoms with Crippen LogP contribution in [0.25, 0.3) is 0 Å². The first kappa shape index (κ1) is 31.5. The molecule has 0 bridgehead atoms. The summed E-state index contributed by atoms with van der Waals surface area (Å²) in [5.74, 6) is 1.14. The number of fused-ring (bicyclic) bond motifs is 4. The normalized spacial score (nSPS) is 27.9. The van der Waals surface area contributed by atoms with Crippen molar-refractivity contribution in [3.05, 3.63) is 51.9 Å². The molecule has 226 valence electrons. The van der Waals surface area contributed by atoms with Gasteiger partial charge in [-0.3, -0.25) is 4.98 Å². The van der Waals surface area contributed by atoms with Gasteiger partial charge in [0.05, 0.1) is 6.10 Å². The topological polar surface area (TPSA) is 57.1 Å². The Kier molecular flexibility index (Phi) is 7.95. The lowest BCUT2D eigenvalue weighted by molar-refractivity contribution is -0.0517. The molecule has 2 aromatic rings. The quantitative estimate of drug-likeness (QED) is 0.182. The van der Waals surface area contributed by atoms with Crippen molar-refractivity contribution in [1.29, 1.82) is 0 Å². The van der Waals surface area contributed by atoms with Crippen LogP contribution in [-0.2, 0) is 26.6 Å². The van der Waals surface area contributed by atoms with Crippen LogP contribution < -0.4 is 0 Å². The first-order valence-electron chi connectivity index (χ1n) is 15.7. The molecule has 3 heterocycles. The molecule has 1 spiro atoms. The van der Waals surface area contributed by atoms with Crippen molar-refractivity contribution < 1.29 is 9.16 Å². The molecular weight excluding hydrogens is 637 g/mol. The maximum atomic E-state index is 7.39. The average molecular weight is 690 g/mol. The van der Waals surface area contributed by atoms with E-state index in [-0.39, 0.29) is 39.6 Å². The Hall–Kier alpha value is -0.903. The molecule has 1 fully saturated rings. The number of rotatable bonds is 4. The highest BCUT2D eigenvalue weighted by Gasteiger charge is 2.57. The third-order valence-electron chi connectivity index (χ3n) is 10.0. The number of pyridine rings is 1. The van der Waals surface area contributed by atoms with Crippen LogP contribution in [0.4, 0.5) is 0 Å². The molecular formula is C34H52IN3O2Si. The summed E-state index contributed by atoms with van der Waals surface area (Å²) in [5, 5.41) is 0.130. The minimum atomic E-state index is -2.06. The molecule has 1 saturated carbocycles. The van der Waals surface area contributed by atoms with Crippen LogP contribution in [0.15, 0.2) is 12.4 Å². The molecule has 0 radical (unpaired) electrons. The van der Waals surface area contributed by atoms with Crippen LogP contribution in [0.1, 0.15) is 153 Å². The van der Waals surface area contributed by atoms with E-state index in [4.69, 9.17) is 24.1 Å². The molecule has 2 aliphatic carbocycles. The van der Waals surface area contributed by atoms with Gasteiger partial charge in [0.2, 0.25) is 0 Å². The van der Waals surface area contributed by atoms with Crippen molar-refractivity contribution in [2.24, 2.45) is 5.41 Å². The summed E-state index contributed by atoms with van der Waals surface area (Å²) in [6.07, 6.45) is 9.19. The van der Waals surface area contributed by atoms with Crippen molar-refractivity contribution in [3.8, 4) is 0 Å². The van der Waals surface area contributed by atoms with Gasteiger partial charge in [-0.1, -0.05) is 91.8 Å². The number of hydrogen-bond acceptors (Lipinski definition) is 5. The van der Waals surface area contributed by atoms with E-state index in [9.17, 15) is 0 Å². The Bertz CT molecular complexity index is 1310. The monoisotopic (exact) mass is 689 g/mol. The molecule has 5 rings (SSSR count). The highest BCUT2D eigenvalue weighted by Crippen LogP contribution is 2.62. The van der Waals surface area contributed by atoms with E-state index in [1.807, 2.05) is 12.4 Å². The molecule has 0 aromatic carbocycles. The molecule has 0 amide bonds. The van der Waals surface area contributed by atoms with E-state index in [0.717, 1.165) is 30.7 Å². The second-order valence-corrected chi connectivity index (χ2v) is 22.8. The first-order chi connectivity index (χ1) is 18.8. The maximum Gasteiger partial charge on any atom is 0.192 e. The summed E-state index contributed by atoms with van der Waals surface area (Å²) in [6.45, 7) is 27.7. The third kappa shape index (κ3) is 5.48. The van der Waals surface area contributed by atoms with E-state index in [1.165, 1.54) is 40.9 Å². The Labute approximate surface area is 263 Å². The molecule has 7 heteroatoms. The van der Waals surface area contributed by atoms with Gasteiger partial charge in [0.25, 0.3) is 0 Å². The fraction of sp³-hybridized carbons (Fsp3) is 0.735. The molecule has 4 atom stereocenters. The largest absolute Gasteiger partial charge is 0.410 e. The lowest BCUT2D eigenvalue weighted by Crippen LogP contribution is -2.44. The molecule has 2 unspecified atom stereocenters. The second-order valence-electron chi connectivity index (χ2n) is 16.5. The van der Waals surface area contributed by atoms with E-state index >= 15 is 0 Å². The second kappa shape index (κ2) is 10.3. The van der Waals surface area contributed by atoms with Crippen LogP contribution in [-0.4, -0.2) is 27.2 Å². The van der Waals surface area contributed by atoms with Gasteiger partial charge in [0.1, 0.15) is 17.5 Å². The fourth-order valence-corrected chi connectivity index (χ4v) is 9.34. The molecule has 3 aliphatic rings. The minimum Gasteiger partial charge on any atom is -0.410 e. The summed E-state index contributed by atoms with van der Waals surface area (Å²) in [6, 6.07) is 0. The Morgan fingerprint density at radius 1 is 1.05 bits per heavy atom. The predicted octanol–water partition coefficient (Wildman–Crippen LogP) is 9.63. The summed E-state index contributed by atoms with van der Waals surface area (Å²) in [5.41, 5.74) is 7.18. The van der Waals surface area contributed by atoms with Gasteiger partial charge in [0.15, 0.2) is 8.32 Å². The molecule has 1 aliphatic heterocycles. The zero-order valence-electron chi connectivity index (χ0n) is 27.5. The van der Waals surface area contributed by atoms with E-state index in [1.54, 1.807) is 0 Å². The zero-order valence-corrected chi connectivity index (χ0v) is 30.7. The van der Waals surface area contributed by atoms with Gasteiger partial charge in [-0.2, -0.15) is 0 Å². The first-order valence-corrected chi connectivity index (χ1v) is 19.8. The molecule has 0 N–H and O–H groups in total. The number of ether oxygens (including phenoxy) is 1. The standard InChI is InChI=1S/C34H52IN3O2Si/c1-20(2)28-26-27(25-22(38-28)16-33(9,10)17-23(25)40-41(11,12)32(6,7)8)34(15-13-14-24(34)35)39-29(26)21-18-36-30(37-19-21)31(3,4)5/h18-20,23-24,29H,13-17H2,1-12H3/t23-,24?,29+,34?/m0/s1. The maximum absolute atomic E-state index is 7.39. The number of aromatic nitrogens is 3. The van der Waals surface area contributed by atoms with E-state index in [0.29, 0.717) is 3.92 Å². The van der Waals surface area contributed by atoms with Crippen molar-refractivity contribution in [2.45, 2.75) is 153 Å². The van der Waals surface area contributed by atoms with Crippen LogP contribution in [0.5, 0.6) is 0 Å². The van der Waals surface area contributed by atoms with Crippen molar-refractivity contribution in [1.82, 2.24) is 15.0 Å². The smallest absolute Gasteiger partial charge is 0.192 e. The van der Waals surface area contributed by atoms with Crippen LogP contribution in [0.3, 0.4) is 0 Å². The zero-order chi connectivity index (χ0) is 30.3. The van der Waals surface area contributed by atoms with Gasteiger partial charge in [-0.25, -0.2) is 9.97 Å². The average Bonchev–Trinajstić information content (AvgIpc) is 3.37. The highest BCUT2D eigenvalue weighted by atomic mass is 127. The van der Waals surface area contributed by atoms with Crippen LogP contribution in [0.2, 0.25) is 18.1 Å². The van der Waals surface area contributed by atoms with Crippen molar-refractivity contribution in [3.63, 3.8) is 0 Å². The van der Waals surface area contributed by atoms with Gasteiger partial charge < -0.3 is 9.16 Å². The Morgan fingerprint density at radius 3 is 2.20 bits per heavy atom. The summed E-state index contributed by atoms with van der Waals surface area (Å²) in [4.78, 5) is 15.2. The molecule has 2 aromatic heterocycles.